The van der Waals surface area contributed by atoms with E-state index in [1.54, 1.807) is 5.56 Å². The molecule has 0 saturated heterocycles. The highest BCUT2D eigenvalue weighted by Crippen LogP contribution is 2.57. The zero-order chi connectivity index (χ0) is 16.3. The lowest BCUT2D eigenvalue weighted by molar-refractivity contribution is 0.152. The highest BCUT2D eigenvalue weighted by atomic mass is 14.5. The van der Waals surface area contributed by atoms with Crippen molar-refractivity contribution in [3.8, 4) is 0 Å². The van der Waals surface area contributed by atoms with Crippen molar-refractivity contribution < 1.29 is 0 Å². The van der Waals surface area contributed by atoms with E-state index < -0.39 is 0 Å². The summed E-state index contributed by atoms with van der Waals surface area (Å²) >= 11 is 0. The molecule has 0 heteroatoms. The van der Waals surface area contributed by atoms with Gasteiger partial charge in [-0.25, -0.2) is 0 Å². The highest BCUT2D eigenvalue weighted by molar-refractivity contribution is 5.24. The highest BCUT2D eigenvalue weighted by Gasteiger charge is 2.47. The Morgan fingerprint density at radius 2 is 1.95 bits per heavy atom. The van der Waals surface area contributed by atoms with E-state index in [9.17, 15) is 0 Å². The first kappa shape index (κ1) is 17.3. The van der Waals surface area contributed by atoms with Crippen LogP contribution in [0.2, 0.25) is 0 Å². The zero-order valence-corrected chi connectivity index (χ0v) is 15.2. The molecule has 22 heavy (non-hydrogen) atoms. The van der Waals surface area contributed by atoms with Crippen molar-refractivity contribution in [1.29, 1.82) is 0 Å². The summed E-state index contributed by atoms with van der Waals surface area (Å²) in [5.41, 5.74) is 3.32. The molecule has 0 N–H and O–H groups in total. The van der Waals surface area contributed by atoms with Gasteiger partial charge in [0.1, 0.15) is 0 Å². The first-order valence-corrected chi connectivity index (χ1v) is 9.10. The summed E-state index contributed by atoms with van der Waals surface area (Å²) in [6, 6.07) is 11.2. The molecule has 0 bridgehead atoms. The number of benzene rings is 1. The minimum absolute atomic E-state index is 0.397. The number of hydrogen-bond donors (Lipinski definition) is 0. The van der Waals surface area contributed by atoms with Crippen molar-refractivity contribution in [3.63, 3.8) is 0 Å². The van der Waals surface area contributed by atoms with Crippen molar-refractivity contribution in [1.82, 2.24) is 0 Å². The van der Waals surface area contributed by atoms with Crippen molar-refractivity contribution in [2.75, 3.05) is 0 Å². The third kappa shape index (κ3) is 3.31. The first-order valence-electron chi connectivity index (χ1n) is 9.10. The number of hydrogen-bond acceptors (Lipinski definition) is 0. The average molecular weight is 299 g/mol. The van der Waals surface area contributed by atoms with Gasteiger partial charge < -0.3 is 0 Å². The largest absolute Gasteiger partial charge is 0.0999 e. The van der Waals surface area contributed by atoms with Gasteiger partial charge in [0.05, 0.1) is 0 Å². The maximum Gasteiger partial charge on any atom is -0.0103 e. The fraction of sp³-hybridized carbons (Fsp3) is 0.636. The monoisotopic (exact) mass is 298 g/mol. The second-order valence-corrected chi connectivity index (χ2v) is 8.00. The minimum atomic E-state index is 0.397. The van der Waals surface area contributed by atoms with Gasteiger partial charge in [0.2, 0.25) is 0 Å². The fourth-order valence-corrected chi connectivity index (χ4v) is 4.61. The quantitative estimate of drug-likeness (QED) is 0.505. The number of allylic oxidation sites excluding steroid dienone is 1. The molecule has 5 unspecified atom stereocenters. The third-order valence-corrected chi connectivity index (χ3v) is 6.60. The molecule has 1 aromatic rings. The van der Waals surface area contributed by atoms with Crippen LogP contribution in [-0.4, -0.2) is 0 Å². The first-order chi connectivity index (χ1) is 10.4. The molecule has 0 amide bonds. The smallest absolute Gasteiger partial charge is 0.0103 e. The summed E-state index contributed by atoms with van der Waals surface area (Å²) in [4.78, 5) is 0. The van der Waals surface area contributed by atoms with Crippen LogP contribution < -0.4 is 0 Å². The lowest BCUT2D eigenvalue weighted by Gasteiger charge is -2.41. The summed E-state index contributed by atoms with van der Waals surface area (Å²) in [5.74, 6) is 2.88. The molecule has 1 fully saturated rings. The van der Waals surface area contributed by atoms with Gasteiger partial charge in [0.15, 0.2) is 0 Å². The maximum absolute atomic E-state index is 4.26. The van der Waals surface area contributed by atoms with Gasteiger partial charge in [0.25, 0.3) is 0 Å². The average Bonchev–Trinajstić information content (AvgIpc) is 2.82. The van der Waals surface area contributed by atoms with Crippen LogP contribution in [-0.2, 0) is 0 Å². The van der Waals surface area contributed by atoms with E-state index in [-0.39, 0.29) is 0 Å². The molecular weight excluding hydrogens is 264 g/mol. The molecule has 2 rings (SSSR count). The van der Waals surface area contributed by atoms with Gasteiger partial charge in [-0.15, -0.1) is 0 Å². The Bertz CT molecular complexity index is 486. The van der Waals surface area contributed by atoms with Crippen LogP contribution >= 0.6 is 0 Å². The Morgan fingerprint density at radius 1 is 1.32 bits per heavy atom. The van der Waals surface area contributed by atoms with Crippen LogP contribution in [0, 0.1) is 23.2 Å². The Hall–Kier alpha value is -1.04. The summed E-state index contributed by atoms with van der Waals surface area (Å²) in [6.07, 6.45) is 5.24. The van der Waals surface area contributed by atoms with E-state index in [0.29, 0.717) is 17.3 Å². The van der Waals surface area contributed by atoms with Gasteiger partial charge >= 0.3 is 0 Å². The molecule has 1 aliphatic carbocycles. The standard InChI is InChI=1S/C22H34/c1-7-17(4)15-21(19-11-9-8-10-12-19)22(6)14-13-20(16(2)3)18(22)5/h8-12,17-18,20-21H,2,7,13-15H2,1,3-6H3. The second-order valence-electron chi connectivity index (χ2n) is 8.00. The maximum atomic E-state index is 4.26. The predicted octanol–water partition coefficient (Wildman–Crippen LogP) is 6.83. The molecule has 0 nitrogen and oxygen atoms in total. The van der Waals surface area contributed by atoms with Gasteiger partial charge in [-0.1, -0.05) is 76.6 Å². The topological polar surface area (TPSA) is 0 Å². The Morgan fingerprint density at radius 3 is 2.45 bits per heavy atom. The second kappa shape index (κ2) is 7.02. The molecule has 0 aromatic heterocycles. The van der Waals surface area contributed by atoms with Gasteiger partial charge in [-0.3, -0.25) is 0 Å². The van der Waals surface area contributed by atoms with E-state index in [0.717, 1.165) is 11.8 Å². The van der Waals surface area contributed by atoms with Gasteiger partial charge in [-0.2, -0.15) is 0 Å². The van der Waals surface area contributed by atoms with Crippen molar-refractivity contribution in [2.24, 2.45) is 23.2 Å². The normalized spacial score (nSPS) is 31.0. The van der Waals surface area contributed by atoms with Crippen LogP contribution in [0.5, 0.6) is 0 Å². The van der Waals surface area contributed by atoms with E-state index >= 15 is 0 Å². The van der Waals surface area contributed by atoms with E-state index in [1.807, 2.05) is 0 Å². The van der Waals surface area contributed by atoms with E-state index in [4.69, 9.17) is 0 Å². The van der Waals surface area contributed by atoms with Crippen molar-refractivity contribution >= 4 is 0 Å². The summed E-state index contributed by atoms with van der Waals surface area (Å²) in [6.45, 7) is 16.2. The molecular formula is C22H34. The summed E-state index contributed by atoms with van der Waals surface area (Å²) in [5, 5.41) is 0. The SMILES string of the molecule is C=C(C)C1CCC(C)(C(CC(C)CC)c2ccccc2)C1C. The van der Waals surface area contributed by atoms with Crippen LogP contribution in [0.1, 0.15) is 71.8 Å². The number of rotatable bonds is 6. The predicted molar refractivity (Wildman–Crippen MR) is 98.1 cm³/mol. The lowest BCUT2D eigenvalue weighted by atomic mass is 9.63. The molecule has 1 aliphatic rings. The van der Waals surface area contributed by atoms with E-state index in [2.05, 4.69) is 71.5 Å². The van der Waals surface area contributed by atoms with Crippen LogP contribution in [0.3, 0.4) is 0 Å². The molecule has 0 aliphatic heterocycles. The summed E-state index contributed by atoms with van der Waals surface area (Å²) in [7, 11) is 0. The molecule has 0 heterocycles. The Labute approximate surface area is 138 Å². The minimum Gasteiger partial charge on any atom is -0.0999 e. The molecule has 0 radical (unpaired) electrons. The van der Waals surface area contributed by atoms with Crippen LogP contribution in [0.15, 0.2) is 42.5 Å². The fourth-order valence-electron chi connectivity index (χ4n) is 4.61. The lowest BCUT2D eigenvalue weighted by Crippen LogP contribution is -2.31. The molecule has 0 spiro atoms. The zero-order valence-electron chi connectivity index (χ0n) is 15.2. The Kier molecular flexibility index (Phi) is 5.53. The molecule has 1 saturated carbocycles. The molecule has 122 valence electrons. The van der Waals surface area contributed by atoms with Gasteiger partial charge in [-0.05, 0) is 60.8 Å². The van der Waals surface area contributed by atoms with E-state index in [1.165, 1.54) is 31.3 Å². The van der Waals surface area contributed by atoms with Crippen molar-refractivity contribution in [2.45, 2.75) is 66.2 Å². The summed E-state index contributed by atoms with van der Waals surface area (Å²) < 4.78 is 0. The Balaban J connectivity index is 2.34. The molecule has 1 aromatic carbocycles. The van der Waals surface area contributed by atoms with Crippen molar-refractivity contribution in [3.05, 3.63) is 48.0 Å². The third-order valence-electron chi connectivity index (χ3n) is 6.60. The van der Waals surface area contributed by atoms with Gasteiger partial charge in [0, 0.05) is 0 Å². The molecule has 5 atom stereocenters. The van der Waals surface area contributed by atoms with Crippen LogP contribution in [0.4, 0.5) is 0 Å². The van der Waals surface area contributed by atoms with Crippen LogP contribution in [0.25, 0.3) is 0 Å².